The summed E-state index contributed by atoms with van der Waals surface area (Å²) in [6.07, 6.45) is 3.02. The normalized spacial score (nSPS) is 16.8. The van der Waals surface area contributed by atoms with Crippen molar-refractivity contribution in [3.05, 3.63) is 65.6 Å². The van der Waals surface area contributed by atoms with Crippen molar-refractivity contribution < 1.29 is 22.3 Å². The number of halogens is 1. The quantitative estimate of drug-likeness (QED) is 0.635. The van der Waals surface area contributed by atoms with Crippen molar-refractivity contribution in [3.63, 3.8) is 0 Å². The SMILES string of the molecule is CNS(=O)(=O)c1ccc(C(=O)N2CCC3(CC2)Oc2ccc(F)cc2-c2nn(C)cc23)cc1. The molecule has 2 aromatic carbocycles. The van der Waals surface area contributed by atoms with Crippen molar-refractivity contribution >= 4 is 15.9 Å². The lowest BCUT2D eigenvalue weighted by Gasteiger charge is -2.44. The highest BCUT2D eigenvalue weighted by atomic mass is 32.2. The van der Waals surface area contributed by atoms with Crippen LogP contribution in [0.15, 0.2) is 53.6 Å². The number of nitrogens with one attached hydrogen (secondary N) is 1. The maximum absolute atomic E-state index is 13.9. The third kappa shape index (κ3) is 3.59. The van der Waals surface area contributed by atoms with Gasteiger partial charge in [-0.2, -0.15) is 5.10 Å². The van der Waals surface area contributed by atoms with Gasteiger partial charge < -0.3 is 9.64 Å². The topological polar surface area (TPSA) is 93.5 Å². The molecule has 10 heteroatoms. The Kier molecular flexibility index (Phi) is 5.02. The van der Waals surface area contributed by atoms with Crippen LogP contribution in [0.5, 0.6) is 5.75 Å². The van der Waals surface area contributed by atoms with E-state index in [1.54, 1.807) is 15.6 Å². The van der Waals surface area contributed by atoms with Crippen LogP contribution >= 0.6 is 0 Å². The largest absolute Gasteiger partial charge is 0.482 e. The standard InChI is InChI=1S/C23H23FN4O4S/c1-25-33(30,31)17-6-3-15(4-7-17)22(29)28-11-9-23(10-12-28)19-14-27(2)26-21(19)18-13-16(24)5-8-20(18)32-23/h3-8,13-14,25H,9-12H2,1-2H3. The first-order valence-corrected chi connectivity index (χ1v) is 12.1. The van der Waals surface area contributed by atoms with Gasteiger partial charge in [-0.15, -0.1) is 0 Å². The lowest BCUT2D eigenvalue weighted by atomic mass is 9.81. The Morgan fingerprint density at radius 1 is 1.15 bits per heavy atom. The maximum Gasteiger partial charge on any atom is 0.253 e. The predicted molar refractivity (Wildman–Crippen MR) is 119 cm³/mol. The average Bonchev–Trinajstić information content (AvgIpc) is 3.23. The van der Waals surface area contributed by atoms with E-state index < -0.39 is 15.6 Å². The van der Waals surface area contributed by atoms with E-state index in [1.807, 2.05) is 13.2 Å². The number of rotatable bonds is 3. The molecule has 1 amide bonds. The molecule has 0 saturated carbocycles. The van der Waals surface area contributed by atoms with Crippen LogP contribution in [0, 0.1) is 5.82 Å². The molecule has 3 heterocycles. The summed E-state index contributed by atoms with van der Waals surface area (Å²) in [4.78, 5) is 14.9. The molecule has 2 aliphatic heterocycles. The Labute approximate surface area is 191 Å². The van der Waals surface area contributed by atoms with Crippen molar-refractivity contribution in [2.75, 3.05) is 20.1 Å². The third-order valence-electron chi connectivity index (χ3n) is 6.36. The second kappa shape index (κ2) is 7.67. The van der Waals surface area contributed by atoms with E-state index in [4.69, 9.17) is 4.74 Å². The molecular weight excluding hydrogens is 447 g/mol. The Hall–Kier alpha value is -3.24. The van der Waals surface area contributed by atoms with Crippen molar-refractivity contribution in [2.24, 2.45) is 7.05 Å². The molecule has 1 aromatic heterocycles. The molecule has 0 bridgehead atoms. The number of amides is 1. The number of fused-ring (bicyclic) bond motifs is 4. The van der Waals surface area contributed by atoms with Gasteiger partial charge in [-0.3, -0.25) is 9.48 Å². The number of ether oxygens (including phenoxy) is 1. The lowest BCUT2D eigenvalue weighted by Crippen LogP contribution is -2.49. The van der Waals surface area contributed by atoms with E-state index in [9.17, 15) is 17.6 Å². The molecule has 1 fully saturated rings. The van der Waals surface area contributed by atoms with E-state index in [-0.39, 0.29) is 16.6 Å². The Morgan fingerprint density at radius 3 is 2.52 bits per heavy atom. The second-order valence-electron chi connectivity index (χ2n) is 8.33. The highest BCUT2D eigenvalue weighted by Crippen LogP contribution is 2.49. The van der Waals surface area contributed by atoms with E-state index in [1.165, 1.54) is 43.4 Å². The van der Waals surface area contributed by atoms with E-state index in [2.05, 4.69) is 9.82 Å². The van der Waals surface area contributed by atoms with Crippen LogP contribution in [0.3, 0.4) is 0 Å². The van der Waals surface area contributed by atoms with Crippen molar-refractivity contribution in [1.29, 1.82) is 0 Å². The first kappa shape index (κ1) is 21.6. The molecule has 8 nitrogen and oxygen atoms in total. The first-order valence-electron chi connectivity index (χ1n) is 10.6. The zero-order chi connectivity index (χ0) is 23.4. The summed E-state index contributed by atoms with van der Waals surface area (Å²) in [6.45, 7) is 0.917. The number of likely N-dealkylation sites (tertiary alicyclic amines) is 1. The minimum absolute atomic E-state index is 0.106. The van der Waals surface area contributed by atoms with Crippen LogP contribution in [0.2, 0.25) is 0 Å². The smallest absolute Gasteiger partial charge is 0.253 e. The first-order chi connectivity index (χ1) is 15.7. The molecule has 0 radical (unpaired) electrons. The van der Waals surface area contributed by atoms with Crippen LogP contribution in [0.25, 0.3) is 11.3 Å². The van der Waals surface area contributed by atoms with Gasteiger partial charge in [-0.25, -0.2) is 17.5 Å². The minimum atomic E-state index is -3.56. The number of piperidine rings is 1. The summed E-state index contributed by atoms with van der Waals surface area (Å²) in [7, 11) is -0.398. The van der Waals surface area contributed by atoms with Gasteiger partial charge in [0.1, 0.15) is 22.9 Å². The molecule has 1 spiro atoms. The van der Waals surface area contributed by atoms with Crippen molar-refractivity contribution in [3.8, 4) is 17.0 Å². The molecule has 3 aromatic rings. The monoisotopic (exact) mass is 470 g/mol. The molecule has 1 saturated heterocycles. The van der Waals surface area contributed by atoms with Crippen LogP contribution in [-0.4, -0.2) is 49.1 Å². The Morgan fingerprint density at radius 2 is 1.85 bits per heavy atom. The van der Waals surface area contributed by atoms with Gasteiger partial charge in [-0.1, -0.05) is 0 Å². The molecular formula is C23H23FN4O4S. The number of carbonyl (C=O) groups is 1. The van der Waals surface area contributed by atoms with Crippen LogP contribution < -0.4 is 9.46 Å². The number of nitrogens with zero attached hydrogens (tertiary/aromatic N) is 3. The fraction of sp³-hybridized carbons (Fsp3) is 0.304. The predicted octanol–water partition coefficient (Wildman–Crippen LogP) is 2.66. The fourth-order valence-corrected chi connectivity index (χ4v) is 5.31. The summed E-state index contributed by atoms with van der Waals surface area (Å²) in [5.41, 5.74) is 2.02. The number of sulfonamides is 1. The molecule has 0 unspecified atom stereocenters. The molecule has 2 aliphatic rings. The van der Waals surface area contributed by atoms with Crippen LogP contribution in [0.4, 0.5) is 4.39 Å². The summed E-state index contributed by atoms with van der Waals surface area (Å²) >= 11 is 0. The number of aromatic nitrogens is 2. The van der Waals surface area contributed by atoms with Gasteiger partial charge in [-0.05, 0) is 49.5 Å². The Balaban J connectivity index is 1.38. The van der Waals surface area contributed by atoms with E-state index >= 15 is 0 Å². The molecule has 33 heavy (non-hydrogen) atoms. The van der Waals surface area contributed by atoms with Gasteiger partial charge in [0.2, 0.25) is 10.0 Å². The summed E-state index contributed by atoms with van der Waals surface area (Å²) in [5.74, 6) is 0.0745. The number of benzene rings is 2. The zero-order valence-electron chi connectivity index (χ0n) is 18.2. The number of hydrogen-bond donors (Lipinski definition) is 1. The number of hydrogen-bond acceptors (Lipinski definition) is 5. The average molecular weight is 471 g/mol. The third-order valence-corrected chi connectivity index (χ3v) is 7.79. The minimum Gasteiger partial charge on any atom is -0.482 e. The zero-order valence-corrected chi connectivity index (χ0v) is 19.0. The maximum atomic E-state index is 13.9. The molecule has 5 rings (SSSR count). The molecule has 0 atom stereocenters. The molecule has 1 N–H and O–H groups in total. The number of aryl methyl sites for hydroxylation is 1. The van der Waals surface area contributed by atoms with E-state index in [0.717, 1.165) is 5.56 Å². The van der Waals surface area contributed by atoms with Gasteiger partial charge in [0, 0.05) is 55.9 Å². The van der Waals surface area contributed by atoms with Crippen LogP contribution in [-0.2, 0) is 22.7 Å². The lowest BCUT2D eigenvalue weighted by molar-refractivity contribution is -0.00173. The second-order valence-corrected chi connectivity index (χ2v) is 10.2. The van der Waals surface area contributed by atoms with Crippen molar-refractivity contribution in [1.82, 2.24) is 19.4 Å². The number of carbonyl (C=O) groups excluding carboxylic acids is 1. The van der Waals surface area contributed by atoms with E-state index in [0.29, 0.717) is 48.5 Å². The fourth-order valence-electron chi connectivity index (χ4n) is 4.58. The highest BCUT2D eigenvalue weighted by molar-refractivity contribution is 7.89. The molecule has 172 valence electrons. The summed E-state index contributed by atoms with van der Waals surface area (Å²) in [6, 6.07) is 10.3. The summed E-state index contributed by atoms with van der Waals surface area (Å²) in [5, 5.41) is 4.56. The molecule has 0 aliphatic carbocycles. The Bertz CT molecular complexity index is 1340. The van der Waals surface area contributed by atoms with Gasteiger partial charge >= 0.3 is 0 Å². The van der Waals surface area contributed by atoms with Crippen LogP contribution in [0.1, 0.15) is 28.8 Å². The van der Waals surface area contributed by atoms with Gasteiger partial charge in [0.05, 0.1) is 4.90 Å². The summed E-state index contributed by atoms with van der Waals surface area (Å²) < 4.78 is 48.1. The highest BCUT2D eigenvalue weighted by Gasteiger charge is 2.46. The van der Waals surface area contributed by atoms with Gasteiger partial charge in [0.25, 0.3) is 5.91 Å². The van der Waals surface area contributed by atoms with Gasteiger partial charge in [0.15, 0.2) is 0 Å². The van der Waals surface area contributed by atoms with Crippen molar-refractivity contribution in [2.45, 2.75) is 23.3 Å².